The Kier molecular flexibility index (Phi) is 8.00. The molecule has 0 radical (unpaired) electrons. The smallest absolute Gasteiger partial charge is 0.338 e. The zero-order valence-corrected chi connectivity index (χ0v) is 20.2. The van der Waals surface area contributed by atoms with Gasteiger partial charge in [0.1, 0.15) is 0 Å². The third kappa shape index (κ3) is 6.04. The standard InChI is InChI=1S/C26H32N2O5S/c29-25(27-14-5-2-6-15-27)20-33-26(30)23-10-7-11-24(19-23)34(31,32)28-16-12-22(13-17-28)18-21-8-3-1-4-9-21/h1,3-4,7-11,19,22H,2,5-6,12-18,20H2. The molecular formula is C26H32N2O5S. The van der Waals surface area contributed by atoms with Crippen molar-refractivity contribution in [3.8, 4) is 0 Å². The van der Waals surface area contributed by atoms with Crippen molar-refractivity contribution in [2.75, 3.05) is 32.8 Å². The number of likely N-dealkylation sites (tertiary alicyclic amines) is 1. The summed E-state index contributed by atoms with van der Waals surface area (Å²) < 4.78 is 33.1. The van der Waals surface area contributed by atoms with Crippen molar-refractivity contribution < 1.29 is 22.7 Å². The first-order chi connectivity index (χ1) is 16.4. The molecule has 8 heteroatoms. The van der Waals surface area contributed by atoms with Crippen molar-refractivity contribution in [2.45, 2.75) is 43.4 Å². The van der Waals surface area contributed by atoms with E-state index in [1.54, 1.807) is 4.90 Å². The minimum atomic E-state index is -3.71. The number of piperidine rings is 2. The van der Waals surface area contributed by atoms with Gasteiger partial charge in [0.25, 0.3) is 5.91 Å². The summed E-state index contributed by atoms with van der Waals surface area (Å²) in [6.45, 7) is 1.96. The number of hydrogen-bond acceptors (Lipinski definition) is 5. The topological polar surface area (TPSA) is 84.0 Å². The van der Waals surface area contributed by atoms with E-state index < -0.39 is 16.0 Å². The molecule has 182 valence electrons. The Hall–Kier alpha value is -2.71. The van der Waals surface area contributed by atoms with Gasteiger partial charge in [0.2, 0.25) is 10.0 Å². The van der Waals surface area contributed by atoms with Gasteiger partial charge in [0.05, 0.1) is 10.5 Å². The Morgan fingerprint density at radius 2 is 1.59 bits per heavy atom. The first-order valence-corrected chi connectivity index (χ1v) is 13.5. The zero-order chi connectivity index (χ0) is 24.0. The average Bonchev–Trinajstić information content (AvgIpc) is 2.88. The van der Waals surface area contributed by atoms with Crippen molar-refractivity contribution in [1.82, 2.24) is 9.21 Å². The van der Waals surface area contributed by atoms with Gasteiger partial charge in [-0.3, -0.25) is 4.79 Å². The van der Waals surface area contributed by atoms with Crippen LogP contribution < -0.4 is 0 Å². The van der Waals surface area contributed by atoms with E-state index in [1.165, 1.54) is 34.1 Å². The molecule has 2 heterocycles. The highest BCUT2D eigenvalue weighted by Crippen LogP contribution is 2.26. The van der Waals surface area contributed by atoms with Crippen molar-refractivity contribution in [3.05, 3.63) is 65.7 Å². The number of sulfonamides is 1. The lowest BCUT2D eigenvalue weighted by atomic mass is 9.91. The lowest BCUT2D eigenvalue weighted by Gasteiger charge is -2.31. The number of ether oxygens (including phenoxy) is 1. The molecular weight excluding hydrogens is 452 g/mol. The summed E-state index contributed by atoms with van der Waals surface area (Å²) in [5.41, 5.74) is 1.40. The highest BCUT2D eigenvalue weighted by molar-refractivity contribution is 7.89. The molecule has 7 nitrogen and oxygen atoms in total. The van der Waals surface area contributed by atoms with Crippen LogP contribution in [0.15, 0.2) is 59.5 Å². The van der Waals surface area contributed by atoms with Crippen LogP contribution in [0.2, 0.25) is 0 Å². The second kappa shape index (κ2) is 11.1. The Labute approximate surface area is 201 Å². The van der Waals surface area contributed by atoms with Crippen molar-refractivity contribution in [1.29, 1.82) is 0 Å². The van der Waals surface area contributed by atoms with Crippen LogP contribution in [0.3, 0.4) is 0 Å². The summed E-state index contributed by atoms with van der Waals surface area (Å²) in [5.74, 6) is -0.452. The fourth-order valence-corrected chi connectivity index (χ4v) is 6.20. The molecule has 0 atom stereocenters. The summed E-state index contributed by atoms with van der Waals surface area (Å²) in [6.07, 6.45) is 5.58. The van der Waals surface area contributed by atoms with Gasteiger partial charge in [-0.1, -0.05) is 36.4 Å². The lowest BCUT2D eigenvalue weighted by Crippen LogP contribution is -2.39. The first kappa shape index (κ1) is 24.4. The lowest BCUT2D eigenvalue weighted by molar-refractivity contribution is -0.135. The van der Waals surface area contributed by atoms with E-state index in [2.05, 4.69) is 12.1 Å². The molecule has 2 aromatic carbocycles. The van der Waals surface area contributed by atoms with E-state index in [0.717, 1.165) is 38.5 Å². The average molecular weight is 485 g/mol. The van der Waals surface area contributed by atoms with Crippen LogP contribution in [0.4, 0.5) is 0 Å². The van der Waals surface area contributed by atoms with E-state index in [-0.39, 0.29) is 23.0 Å². The molecule has 0 aromatic heterocycles. The minimum Gasteiger partial charge on any atom is -0.452 e. The molecule has 2 aliphatic rings. The summed E-state index contributed by atoms with van der Waals surface area (Å²) in [6, 6.07) is 16.2. The molecule has 0 bridgehead atoms. The van der Waals surface area contributed by atoms with E-state index >= 15 is 0 Å². The van der Waals surface area contributed by atoms with Gasteiger partial charge in [0, 0.05) is 26.2 Å². The molecule has 34 heavy (non-hydrogen) atoms. The van der Waals surface area contributed by atoms with E-state index in [9.17, 15) is 18.0 Å². The molecule has 0 unspecified atom stereocenters. The Morgan fingerprint density at radius 1 is 0.882 bits per heavy atom. The van der Waals surface area contributed by atoms with Crippen LogP contribution in [0, 0.1) is 5.92 Å². The van der Waals surface area contributed by atoms with E-state index in [0.29, 0.717) is 32.1 Å². The van der Waals surface area contributed by atoms with Crippen LogP contribution >= 0.6 is 0 Å². The van der Waals surface area contributed by atoms with Gasteiger partial charge in [-0.05, 0) is 68.2 Å². The summed E-state index contributed by atoms with van der Waals surface area (Å²) >= 11 is 0. The number of carbonyl (C=O) groups is 2. The largest absolute Gasteiger partial charge is 0.452 e. The maximum Gasteiger partial charge on any atom is 0.338 e. The SMILES string of the molecule is O=C(OCC(=O)N1CCCCC1)c1cccc(S(=O)(=O)N2CCC(Cc3ccccc3)CC2)c1. The third-order valence-corrected chi connectivity index (χ3v) is 8.58. The van der Waals surface area contributed by atoms with Crippen molar-refractivity contribution in [3.63, 3.8) is 0 Å². The highest BCUT2D eigenvalue weighted by atomic mass is 32.2. The predicted octanol–water partition coefficient (Wildman–Crippen LogP) is 3.50. The normalized spacial score (nSPS) is 17.9. The predicted molar refractivity (Wildman–Crippen MR) is 129 cm³/mol. The minimum absolute atomic E-state index is 0.0748. The molecule has 0 N–H and O–H groups in total. The van der Waals surface area contributed by atoms with Gasteiger partial charge in [-0.25, -0.2) is 13.2 Å². The molecule has 0 saturated carbocycles. The van der Waals surface area contributed by atoms with E-state index in [4.69, 9.17) is 4.74 Å². The second-order valence-corrected chi connectivity index (χ2v) is 11.0. The molecule has 0 aliphatic carbocycles. The monoisotopic (exact) mass is 484 g/mol. The fourth-order valence-electron chi connectivity index (χ4n) is 4.68. The van der Waals surface area contributed by atoms with Gasteiger partial charge in [-0.2, -0.15) is 4.31 Å². The van der Waals surface area contributed by atoms with E-state index in [1.807, 2.05) is 18.2 Å². The molecule has 0 spiro atoms. The van der Waals surface area contributed by atoms with Crippen LogP contribution in [-0.2, 0) is 26.0 Å². The number of nitrogens with zero attached hydrogens (tertiary/aromatic N) is 2. The highest BCUT2D eigenvalue weighted by Gasteiger charge is 2.30. The van der Waals surface area contributed by atoms with Gasteiger partial charge in [-0.15, -0.1) is 0 Å². The third-order valence-electron chi connectivity index (χ3n) is 6.68. The number of amides is 1. The van der Waals surface area contributed by atoms with Crippen LogP contribution in [0.5, 0.6) is 0 Å². The number of esters is 1. The second-order valence-electron chi connectivity index (χ2n) is 9.08. The number of hydrogen-bond donors (Lipinski definition) is 0. The molecule has 2 saturated heterocycles. The summed E-state index contributed by atoms with van der Waals surface area (Å²) in [7, 11) is -3.71. The quantitative estimate of drug-likeness (QED) is 0.562. The Balaban J connectivity index is 1.33. The maximum absolute atomic E-state index is 13.2. The number of benzene rings is 2. The number of carbonyl (C=O) groups excluding carboxylic acids is 2. The molecule has 1 amide bonds. The molecule has 2 aliphatic heterocycles. The van der Waals surface area contributed by atoms with Crippen LogP contribution in [0.25, 0.3) is 0 Å². The van der Waals surface area contributed by atoms with Gasteiger partial charge < -0.3 is 9.64 Å². The van der Waals surface area contributed by atoms with Crippen molar-refractivity contribution >= 4 is 21.9 Å². The number of rotatable bonds is 7. The zero-order valence-electron chi connectivity index (χ0n) is 19.4. The fraction of sp³-hybridized carbons (Fsp3) is 0.462. The van der Waals surface area contributed by atoms with Crippen molar-refractivity contribution in [2.24, 2.45) is 5.92 Å². The molecule has 2 aromatic rings. The Bertz CT molecular complexity index is 1090. The Morgan fingerprint density at radius 3 is 2.29 bits per heavy atom. The van der Waals surface area contributed by atoms with Crippen LogP contribution in [-0.4, -0.2) is 62.3 Å². The first-order valence-electron chi connectivity index (χ1n) is 12.0. The summed E-state index contributed by atoms with van der Waals surface area (Å²) in [4.78, 5) is 26.5. The van der Waals surface area contributed by atoms with Gasteiger partial charge in [0.15, 0.2) is 6.61 Å². The summed E-state index contributed by atoms with van der Waals surface area (Å²) in [5, 5.41) is 0. The van der Waals surface area contributed by atoms with Gasteiger partial charge >= 0.3 is 5.97 Å². The van der Waals surface area contributed by atoms with Crippen LogP contribution in [0.1, 0.15) is 48.0 Å². The molecule has 4 rings (SSSR count). The maximum atomic E-state index is 13.2. The molecule has 2 fully saturated rings.